The summed E-state index contributed by atoms with van der Waals surface area (Å²) in [6, 6.07) is 6.57. The SMILES string of the molecule is COc1ccc(CN(C)C(=O)c2cc3c(nc4sccn43)s2)cc1F. The minimum Gasteiger partial charge on any atom is -0.494 e. The van der Waals surface area contributed by atoms with Crippen LogP contribution in [0.3, 0.4) is 0 Å². The van der Waals surface area contributed by atoms with Crippen LogP contribution in [0.4, 0.5) is 4.39 Å². The number of amides is 1. The highest BCUT2D eigenvalue weighted by Gasteiger charge is 2.18. The molecule has 0 fully saturated rings. The van der Waals surface area contributed by atoms with Gasteiger partial charge in [0.2, 0.25) is 0 Å². The Hall–Kier alpha value is -2.45. The van der Waals surface area contributed by atoms with Gasteiger partial charge in [0.1, 0.15) is 4.83 Å². The molecule has 0 unspecified atom stereocenters. The van der Waals surface area contributed by atoms with Gasteiger partial charge in [0.05, 0.1) is 17.5 Å². The molecule has 0 aliphatic rings. The molecule has 128 valence electrons. The molecule has 3 heterocycles. The summed E-state index contributed by atoms with van der Waals surface area (Å²) < 4.78 is 20.7. The number of fused-ring (bicyclic) bond motifs is 3. The van der Waals surface area contributed by atoms with Gasteiger partial charge in [-0.1, -0.05) is 6.07 Å². The molecule has 0 atom stereocenters. The van der Waals surface area contributed by atoms with E-state index in [0.29, 0.717) is 17.0 Å². The lowest BCUT2D eigenvalue weighted by Gasteiger charge is -2.16. The van der Waals surface area contributed by atoms with Crippen molar-refractivity contribution < 1.29 is 13.9 Å². The molecule has 1 amide bonds. The van der Waals surface area contributed by atoms with Crippen molar-refractivity contribution in [3.63, 3.8) is 0 Å². The summed E-state index contributed by atoms with van der Waals surface area (Å²) in [5.74, 6) is -0.350. The summed E-state index contributed by atoms with van der Waals surface area (Å²) in [5.41, 5.74) is 1.64. The summed E-state index contributed by atoms with van der Waals surface area (Å²) in [4.78, 5) is 21.2. The predicted molar refractivity (Wildman–Crippen MR) is 97.2 cm³/mol. The Labute approximate surface area is 150 Å². The molecule has 0 N–H and O–H groups in total. The molecule has 0 saturated heterocycles. The number of imidazole rings is 1. The second kappa shape index (κ2) is 6.12. The van der Waals surface area contributed by atoms with Crippen molar-refractivity contribution in [2.75, 3.05) is 14.2 Å². The normalized spacial score (nSPS) is 11.3. The van der Waals surface area contributed by atoms with Crippen LogP contribution in [0.2, 0.25) is 0 Å². The lowest BCUT2D eigenvalue weighted by Crippen LogP contribution is -2.25. The number of hydrogen-bond acceptors (Lipinski definition) is 5. The minimum absolute atomic E-state index is 0.108. The average Bonchev–Trinajstić information content (AvgIpc) is 3.26. The van der Waals surface area contributed by atoms with Crippen molar-refractivity contribution in [1.82, 2.24) is 14.3 Å². The largest absolute Gasteiger partial charge is 0.494 e. The van der Waals surface area contributed by atoms with Crippen LogP contribution in [0.5, 0.6) is 5.75 Å². The van der Waals surface area contributed by atoms with Gasteiger partial charge >= 0.3 is 0 Å². The van der Waals surface area contributed by atoms with Crippen molar-refractivity contribution in [2.45, 2.75) is 6.54 Å². The lowest BCUT2D eigenvalue weighted by atomic mass is 10.2. The van der Waals surface area contributed by atoms with Gasteiger partial charge in [-0.05, 0) is 23.8 Å². The van der Waals surface area contributed by atoms with Gasteiger partial charge in [-0.3, -0.25) is 9.20 Å². The Balaban J connectivity index is 1.57. The number of thiophene rings is 1. The van der Waals surface area contributed by atoms with E-state index in [0.717, 1.165) is 15.3 Å². The fourth-order valence-electron chi connectivity index (χ4n) is 2.70. The third-order valence-electron chi connectivity index (χ3n) is 3.93. The van der Waals surface area contributed by atoms with Crippen LogP contribution < -0.4 is 4.74 Å². The summed E-state index contributed by atoms with van der Waals surface area (Å²) in [6.07, 6.45) is 1.94. The molecule has 5 nitrogen and oxygen atoms in total. The molecular weight excluding hydrogens is 361 g/mol. The van der Waals surface area contributed by atoms with Crippen molar-refractivity contribution in [3.8, 4) is 5.75 Å². The highest BCUT2D eigenvalue weighted by molar-refractivity contribution is 7.21. The molecule has 0 aliphatic heterocycles. The van der Waals surface area contributed by atoms with E-state index in [9.17, 15) is 9.18 Å². The van der Waals surface area contributed by atoms with Gasteiger partial charge in [0.25, 0.3) is 5.91 Å². The molecular formula is C17H14FN3O2S2. The standard InChI is InChI=1S/C17H14FN3O2S2/c1-20(9-10-3-4-13(23-2)11(18)7-10)16(22)14-8-12-15(25-14)19-17-21(12)5-6-24-17/h3-8H,9H2,1-2H3. The van der Waals surface area contributed by atoms with Crippen molar-refractivity contribution in [1.29, 1.82) is 0 Å². The zero-order chi connectivity index (χ0) is 17.6. The number of carbonyl (C=O) groups is 1. The molecule has 8 heteroatoms. The van der Waals surface area contributed by atoms with E-state index >= 15 is 0 Å². The quantitative estimate of drug-likeness (QED) is 0.541. The number of aromatic nitrogens is 2. The molecule has 4 aromatic rings. The number of rotatable bonds is 4. The van der Waals surface area contributed by atoms with E-state index in [-0.39, 0.29) is 11.7 Å². The maximum atomic E-state index is 13.8. The number of halogens is 1. The van der Waals surface area contributed by atoms with Crippen LogP contribution in [0.15, 0.2) is 35.8 Å². The van der Waals surface area contributed by atoms with Crippen molar-refractivity contribution in [2.24, 2.45) is 0 Å². The van der Waals surface area contributed by atoms with Crippen LogP contribution in [0.25, 0.3) is 15.3 Å². The van der Waals surface area contributed by atoms with Crippen LogP contribution in [-0.4, -0.2) is 34.3 Å². The zero-order valence-electron chi connectivity index (χ0n) is 13.5. The van der Waals surface area contributed by atoms with Crippen LogP contribution >= 0.6 is 22.7 Å². The Kier molecular flexibility index (Phi) is 3.93. The molecule has 0 bridgehead atoms. The molecule has 0 radical (unpaired) electrons. The summed E-state index contributed by atoms with van der Waals surface area (Å²) in [5, 5.41) is 1.96. The van der Waals surface area contributed by atoms with Gasteiger partial charge in [0, 0.05) is 25.2 Å². The fourth-order valence-corrected chi connectivity index (χ4v) is 4.49. The highest BCUT2D eigenvalue weighted by Crippen LogP contribution is 2.29. The Morgan fingerprint density at radius 3 is 3.00 bits per heavy atom. The first-order valence-electron chi connectivity index (χ1n) is 7.50. The number of benzene rings is 1. The van der Waals surface area contributed by atoms with E-state index in [1.807, 2.05) is 22.0 Å². The maximum absolute atomic E-state index is 13.8. The highest BCUT2D eigenvalue weighted by atomic mass is 32.1. The number of ether oxygens (including phenoxy) is 1. The Morgan fingerprint density at radius 1 is 1.40 bits per heavy atom. The van der Waals surface area contributed by atoms with Crippen molar-refractivity contribution in [3.05, 3.63) is 52.1 Å². The monoisotopic (exact) mass is 375 g/mol. The smallest absolute Gasteiger partial charge is 0.264 e. The van der Waals surface area contributed by atoms with Gasteiger partial charge < -0.3 is 9.64 Å². The first kappa shape index (κ1) is 16.0. The number of nitrogens with zero attached hydrogens (tertiary/aromatic N) is 3. The molecule has 25 heavy (non-hydrogen) atoms. The second-order valence-electron chi connectivity index (χ2n) is 5.60. The van der Waals surface area contributed by atoms with E-state index in [1.54, 1.807) is 35.4 Å². The lowest BCUT2D eigenvalue weighted by molar-refractivity contribution is 0.0790. The van der Waals surface area contributed by atoms with Crippen LogP contribution in [0, 0.1) is 5.82 Å². The molecule has 0 aliphatic carbocycles. The predicted octanol–water partition coefficient (Wildman–Crippen LogP) is 4.03. The van der Waals surface area contributed by atoms with E-state index in [4.69, 9.17) is 4.74 Å². The van der Waals surface area contributed by atoms with Gasteiger partial charge in [-0.15, -0.1) is 22.7 Å². The van der Waals surface area contributed by atoms with Crippen molar-refractivity contribution >= 4 is 43.9 Å². The first-order valence-corrected chi connectivity index (χ1v) is 9.19. The topological polar surface area (TPSA) is 46.8 Å². The molecule has 1 aromatic carbocycles. The third-order valence-corrected chi connectivity index (χ3v) is 5.70. The number of carbonyl (C=O) groups excluding carboxylic acids is 1. The summed E-state index contributed by atoms with van der Waals surface area (Å²) in [6.45, 7) is 0.316. The second-order valence-corrected chi connectivity index (χ2v) is 7.50. The summed E-state index contributed by atoms with van der Waals surface area (Å²) in [7, 11) is 3.13. The molecule has 4 rings (SSSR count). The third kappa shape index (κ3) is 2.77. The maximum Gasteiger partial charge on any atom is 0.264 e. The van der Waals surface area contributed by atoms with Gasteiger partial charge in [-0.2, -0.15) is 0 Å². The van der Waals surface area contributed by atoms with Crippen LogP contribution in [0.1, 0.15) is 15.2 Å². The number of methoxy groups -OCH3 is 1. The Morgan fingerprint density at radius 2 is 2.24 bits per heavy atom. The number of thiazole rings is 1. The average molecular weight is 375 g/mol. The van der Waals surface area contributed by atoms with Gasteiger partial charge in [0.15, 0.2) is 16.5 Å². The molecule has 0 saturated carbocycles. The minimum atomic E-state index is -0.434. The number of hydrogen-bond donors (Lipinski definition) is 0. The molecule has 3 aromatic heterocycles. The summed E-state index contributed by atoms with van der Waals surface area (Å²) >= 11 is 2.94. The van der Waals surface area contributed by atoms with E-state index in [1.165, 1.54) is 24.5 Å². The fraction of sp³-hybridized carbons (Fsp3) is 0.176. The Bertz CT molecular complexity index is 1080. The van der Waals surface area contributed by atoms with Gasteiger partial charge in [-0.25, -0.2) is 9.37 Å². The first-order chi connectivity index (χ1) is 12.1. The zero-order valence-corrected chi connectivity index (χ0v) is 15.2. The van der Waals surface area contributed by atoms with E-state index < -0.39 is 5.82 Å². The van der Waals surface area contributed by atoms with E-state index in [2.05, 4.69) is 4.98 Å². The van der Waals surface area contributed by atoms with Crippen LogP contribution in [-0.2, 0) is 6.54 Å². The molecule has 0 spiro atoms.